The van der Waals surface area contributed by atoms with Crippen LogP contribution in [0.5, 0.6) is 0 Å². The maximum absolute atomic E-state index is 10.4. The third kappa shape index (κ3) is 7.46. The lowest BCUT2D eigenvalue weighted by Gasteiger charge is -1.99. The molecule has 0 aromatic heterocycles. The Labute approximate surface area is 79.5 Å². The summed E-state index contributed by atoms with van der Waals surface area (Å²) in [6, 6.07) is -0.641. The molecular weight excluding hydrogens is 218 g/mol. The van der Waals surface area contributed by atoms with Gasteiger partial charge in [0.2, 0.25) is 5.91 Å². The predicted octanol–water partition coefficient (Wildman–Crippen LogP) is -1.30. The van der Waals surface area contributed by atoms with Gasteiger partial charge in [0.15, 0.2) is 0 Å². The Bertz CT molecular complexity index is 313. The Hall–Kier alpha value is -1.19. The molecule has 8 nitrogen and oxygen atoms in total. The first kappa shape index (κ1) is 12.8. The Morgan fingerprint density at radius 3 is 2.00 bits per heavy atom. The zero-order chi connectivity index (χ0) is 11.4. The highest BCUT2D eigenvalue weighted by molar-refractivity contribution is 7.79. The van der Waals surface area contributed by atoms with Gasteiger partial charge in [0.25, 0.3) is 0 Å². The Balaban J connectivity index is 0.000000292. The minimum atomic E-state index is -4.67. The van der Waals surface area contributed by atoms with Crippen molar-refractivity contribution in [3.63, 3.8) is 0 Å². The second-order valence-electron chi connectivity index (χ2n) is 2.44. The van der Waals surface area contributed by atoms with E-state index in [2.05, 4.69) is 5.32 Å². The molecule has 1 heterocycles. The van der Waals surface area contributed by atoms with E-state index >= 15 is 0 Å². The van der Waals surface area contributed by atoms with Gasteiger partial charge in [-0.05, 0) is 6.42 Å². The molecule has 0 saturated carbocycles. The van der Waals surface area contributed by atoms with Crippen LogP contribution in [0.3, 0.4) is 0 Å². The Morgan fingerprint density at radius 2 is 1.86 bits per heavy atom. The zero-order valence-corrected chi connectivity index (χ0v) is 7.69. The topological polar surface area (TPSA) is 141 Å². The summed E-state index contributed by atoms with van der Waals surface area (Å²) in [4.78, 5) is 20.5. The van der Waals surface area contributed by atoms with E-state index in [0.717, 1.165) is 0 Å². The molecule has 0 aromatic carbocycles. The van der Waals surface area contributed by atoms with E-state index in [9.17, 15) is 9.59 Å². The molecule has 1 fully saturated rings. The monoisotopic (exact) mass is 227 g/mol. The molecule has 1 rings (SSSR count). The van der Waals surface area contributed by atoms with Crippen LogP contribution >= 0.6 is 0 Å². The molecule has 4 N–H and O–H groups in total. The first-order valence-electron chi connectivity index (χ1n) is 3.42. The highest BCUT2D eigenvalue weighted by Crippen LogP contribution is 2.05. The molecule has 1 saturated heterocycles. The van der Waals surface area contributed by atoms with E-state index in [1.54, 1.807) is 0 Å². The van der Waals surface area contributed by atoms with Crippen molar-refractivity contribution >= 4 is 22.3 Å². The van der Waals surface area contributed by atoms with Crippen molar-refractivity contribution in [1.29, 1.82) is 0 Å². The van der Waals surface area contributed by atoms with Crippen LogP contribution in [0.1, 0.15) is 12.8 Å². The van der Waals surface area contributed by atoms with Crippen molar-refractivity contribution in [2.45, 2.75) is 18.9 Å². The van der Waals surface area contributed by atoms with Gasteiger partial charge in [-0.3, -0.25) is 13.9 Å². The van der Waals surface area contributed by atoms with Gasteiger partial charge < -0.3 is 10.4 Å². The number of carbonyl (C=O) groups excluding carboxylic acids is 1. The molecule has 0 aliphatic carbocycles. The van der Waals surface area contributed by atoms with Crippen molar-refractivity contribution < 1.29 is 32.2 Å². The van der Waals surface area contributed by atoms with Crippen LogP contribution in [0.25, 0.3) is 0 Å². The smallest absolute Gasteiger partial charge is 0.394 e. The summed E-state index contributed by atoms with van der Waals surface area (Å²) in [6.45, 7) is 0. The lowest BCUT2D eigenvalue weighted by Crippen LogP contribution is -2.32. The van der Waals surface area contributed by atoms with Gasteiger partial charge in [-0.15, -0.1) is 0 Å². The third-order valence-corrected chi connectivity index (χ3v) is 1.29. The SMILES string of the molecule is O=C1CC[C@@H](C(=O)O)N1.O=S(=O)(O)O. The molecule has 1 amide bonds. The van der Waals surface area contributed by atoms with Crippen molar-refractivity contribution in [2.24, 2.45) is 0 Å². The minimum absolute atomic E-state index is 0.164. The van der Waals surface area contributed by atoms with Crippen molar-refractivity contribution in [3.8, 4) is 0 Å². The van der Waals surface area contributed by atoms with Crippen LogP contribution in [0.15, 0.2) is 0 Å². The van der Waals surface area contributed by atoms with E-state index in [1.165, 1.54) is 0 Å². The molecular formula is C5H9NO7S. The molecule has 1 aliphatic heterocycles. The van der Waals surface area contributed by atoms with E-state index < -0.39 is 22.4 Å². The lowest BCUT2D eigenvalue weighted by atomic mass is 10.2. The lowest BCUT2D eigenvalue weighted by molar-refractivity contribution is -0.140. The molecule has 0 bridgehead atoms. The second kappa shape index (κ2) is 4.88. The van der Waals surface area contributed by atoms with E-state index in [-0.39, 0.29) is 5.91 Å². The summed E-state index contributed by atoms with van der Waals surface area (Å²) in [6.07, 6.45) is 0.769. The highest BCUT2D eigenvalue weighted by atomic mass is 32.3. The second-order valence-corrected chi connectivity index (χ2v) is 3.34. The Kier molecular flexibility index (Phi) is 4.47. The molecule has 0 unspecified atom stereocenters. The normalized spacial score (nSPS) is 20.7. The van der Waals surface area contributed by atoms with E-state index in [1.807, 2.05) is 0 Å². The summed E-state index contributed by atoms with van der Waals surface area (Å²) >= 11 is 0. The number of amides is 1. The summed E-state index contributed by atoms with van der Waals surface area (Å²) < 4.78 is 31.6. The molecule has 0 aromatic rings. The molecule has 82 valence electrons. The van der Waals surface area contributed by atoms with Crippen molar-refractivity contribution in [1.82, 2.24) is 5.32 Å². The number of hydrogen-bond acceptors (Lipinski definition) is 4. The molecule has 1 atom stereocenters. The van der Waals surface area contributed by atoms with E-state index in [0.29, 0.717) is 12.8 Å². The van der Waals surface area contributed by atoms with Gasteiger partial charge in [0.1, 0.15) is 6.04 Å². The van der Waals surface area contributed by atoms with Gasteiger partial charge in [-0.2, -0.15) is 8.42 Å². The number of nitrogens with one attached hydrogen (secondary N) is 1. The van der Waals surface area contributed by atoms with Gasteiger partial charge in [-0.1, -0.05) is 0 Å². The fraction of sp³-hybridized carbons (Fsp3) is 0.600. The number of carbonyl (C=O) groups is 2. The van der Waals surface area contributed by atoms with Gasteiger partial charge >= 0.3 is 16.4 Å². The van der Waals surface area contributed by atoms with Crippen molar-refractivity contribution in [2.75, 3.05) is 0 Å². The predicted molar refractivity (Wildman–Crippen MR) is 43.0 cm³/mol. The van der Waals surface area contributed by atoms with Crippen LogP contribution in [-0.4, -0.2) is 40.5 Å². The fourth-order valence-electron chi connectivity index (χ4n) is 0.799. The molecule has 0 radical (unpaired) electrons. The Morgan fingerprint density at radius 1 is 1.43 bits per heavy atom. The molecule has 9 heteroatoms. The third-order valence-electron chi connectivity index (χ3n) is 1.29. The molecule has 1 aliphatic rings. The van der Waals surface area contributed by atoms with Crippen LogP contribution in [-0.2, 0) is 20.0 Å². The highest BCUT2D eigenvalue weighted by Gasteiger charge is 2.26. The number of carboxylic acid groups (broad SMARTS) is 1. The largest absolute Gasteiger partial charge is 0.480 e. The minimum Gasteiger partial charge on any atom is -0.480 e. The average Bonchev–Trinajstić information content (AvgIpc) is 2.31. The maximum atomic E-state index is 10.4. The van der Waals surface area contributed by atoms with Crippen LogP contribution in [0.2, 0.25) is 0 Å². The van der Waals surface area contributed by atoms with Crippen LogP contribution in [0, 0.1) is 0 Å². The van der Waals surface area contributed by atoms with Crippen molar-refractivity contribution in [3.05, 3.63) is 0 Å². The summed E-state index contributed by atoms with van der Waals surface area (Å²) in [5.41, 5.74) is 0. The zero-order valence-electron chi connectivity index (χ0n) is 6.87. The van der Waals surface area contributed by atoms with Gasteiger partial charge in [-0.25, -0.2) is 4.79 Å². The fourth-order valence-corrected chi connectivity index (χ4v) is 0.799. The number of rotatable bonds is 1. The maximum Gasteiger partial charge on any atom is 0.394 e. The number of aliphatic carboxylic acids is 1. The summed E-state index contributed by atoms with van der Waals surface area (Å²) in [5.74, 6) is -1.11. The first-order valence-corrected chi connectivity index (χ1v) is 4.82. The van der Waals surface area contributed by atoms with E-state index in [4.69, 9.17) is 22.6 Å². The molecule has 14 heavy (non-hydrogen) atoms. The summed E-state index contributed by atoms with van der Waals surface area (Å²) in [5, 5.41) is 10.6. The van der Waals surface area contributed by atoms with Crippen LogP contribution in [0.4, 0.5) is 0 Å². The number of carboxylic acids is 1. The summed E-state index contributed by atoms with van der Waals surface area (Å²) in [7, 11) is -4.67. The van der Waals surface area contributed by atoms with Crippen LogP contribution < -0.4 is 5.32 Å². The standard InChI is InChI=1S/C5H7NO3.H2O4S/c7-4-2-1-3(6-4)5(8)9;1-5(2,3)4/h3H,1-2H2,(H,6,7)(H,8,9);(H2,1,2,3,4)/t3-;/m0./s1. The van der Waals surface area contributed by atoms with Gasteiger partial charge in [0.05, 0.1) is 0 Å². The first-order chi connectivity index (χ1) is 6.20. The molecule has 0 spiro atoms. The quantitative estimate of drug-likeness (QED) is 0.408. The van der Waals surface area contributed by atoms with Gasteiger partial charge in [0, 0.05) is 6.42 Å². The average molecular weight is 227 g/mol. The number of hydrogen-bond donors (Lipinski definition) is 4.